The van der Waals surface area contributed by atoms with E-state index in [2.05, 4.69) is 11.9 Å². The summed E-state index contributed by atoms with van der Waals surface area (Å²) in [6, 6.07) is 4.92. The molecule has 1 aromatic carbocycles. The molecule has 6 heteroatoms. The van der Waals surface area contributed by atoms with Crippen molar-refractivity contribution < 1.29 is 19.1 Å². The Morgan fingerprint density at radius 2 is 2.08 bits per heavy atom. The Morgan fingerprint density at radius 3 is 2.71 bits per heavy atom. The van der Waals surface area contributed by atoms with E-state index < -0.39 is 6.03 Å². The molecule has 0 bridgehead atoms. The van der Waals surface area contributed by atoms with E-state index in [-0.39, 0.29) is 24.3 Å². The van der Waals surface area contributed by atoms with Crippen molar-refractivity contribution in [1.82, 2.24) is 10.2 Å². The van der Waals surface area contributed by atoms with Gasteiger partial charge >= 0.3 is 6.03 Å². The second kappa shape index (κ2) is 7.68. The van der Waals surface area contributed by atoms with Crippen LogP contribution >= 0.6 is 0 Å². The van der Waals surface area contributed by atoms with Crippen LogP contribution in [0.3, 0.4) is 0 Å². The van der Waals surface area contributed by atoms with E-state index in [0.29, 0.717) is 11.5 Å². The first kappa shape index (κ1) is 17.6. The lowest BCUT2D eigenvalue weighted by atomic mass is 10.1. The van der Waals surface area contributed by atoms with Gasteiger partial charge in [-0.15, -0.1) is 6.58 Å². The molecule has 1 N–H and O–H groups in total. The Hall–Kier alpha value is -2.76. The minimum atomic E-state index is -0.449. The summed E-state index contributed by atoms with van der Waals surface area (Å²) >= 11 is 0. The molecule has 24 heavy (non-hydrogen) atoms. The van der Waals surface area contributed by atoms with Crippen molar-refractivity contribution in [2.45, 2.75) is 26.4 Å². The predicted molar refractivity (Wildman–Crippen MR) is 91.8 cm³/mol. The molecule has 0 aliphatic carbocycles. The standard InChI is InChI=1S/C18H22N2O4/c1-5-9-20-17(21)14(19-18(20)22)10-13-7-8-15(16(11-13)23-4)24-12(3)6-2/h5,7-8,10-12H,1,6,9H2,2-4H3,(H,19,22)/b14-10+/t12-/m1/s1. The van der Waals surface area contributed by atoms with E-state index in [1.807, 2.05) is 19.9 Å². The smallest absolute Gasteiger partial charge is 0.329 e. The Balaban J connectivity index is 2.25. The lowest BCUT2D eigenvalue weighted by Gasteiger charge is -2.15. The van der Waals surface area contributed by atoms with Crippen LogP contribution in [0.25, 0.3) is 6.08 Å². The van der Waals surface area contributed by atoms with Crippen LogP contribution in [-0.2, 0) is 4.79 Å². The van der Waals surface area contributed by atoms with Gasteiger partial charge in [0.15, 0.2) is 11.5 Å². The zero-order valence-corrected chi connectivity index (χ0v) is 14.2. The molecular formula is C18H22N2O4. The summed E-state index contributed by atoms with van der Waals surface area (Å²) in [6.45, 7) is 7.74. The first-order chi connectivity index (χ1) is 11.5. The first-order valence-electron chi connectivity index (χ1n) is 7.80. The van der Waals surface area contributed by atoms with Crippen LogP contribution in [0.2, 0.25) is 0 Å². The minimum absolute atomic E-state index is 0.0752. The SMILES string of the molecule is C=CCN1C(=O)N/C(=C/c2ccc(O[C@H](C)CC)c(OC)c2)C1=O. The van der Waals surface area contributed by atoms with Crippen molar-refractivity contribution in [1.29, 1.82) is 0 Å². The highest BCUT2D eigenvalue weighted by Gasteiger charge is 2.32. The second-order valence-corrected chi connectivity index (χ2v) is 5.44. The number of methoxy groups -OCH3 is 1. The quantitative estimate of drug-likeness (QED) is 0.474. The lowest BCUT2D eigenvalue weighted by Crippen LogP contribution is -2.30. The van der Waals surface area contributed by atoms with E-state index in [1.54, 1.807) is 25.3 Å². The highest BCUT2D eigenvalue weighted by Crippen LogP contribution is 2.30. The molecule has 6 nitrogen and oxygen atoms in total. The number of benzene rings is 1. The molecule has 128 valence electrons. The number of ether oxygens (including phenoxy) is 2. The maximum Gasteiger partial charge on any atom is 0.329 e. The summed E-state index contributed by atoms with van der Waals surface area (Å²) < 4.78 is 11.1. The van der Waals surface area contributed by atoms with Crippen LogP contribution in [0.15, 0.2) is 36.6 Å². The van der Waals surface area contributed by atoms with Crippen LogP contribution < -0.4 is 14.8 Å². The number of hydrogen-bond acceptors (Lipinski definition) is 4. The summed E-state index contributed by atoms with van der Waals surface area (Å²) in [7, 11) is 1.56. The van der Waals surface area contributed by atoms with Crippen LogP contribution in [0, 0.1) is 0 Å². The van der Waals surface area contributed by atoms with Crippen molar-refractivity contribution in [2.75, 3.05) is 13.7 Å². The Labute approximate surface area is 141 Å². The third-order valence-electron chi connectivity index (χ3n) is 3.68. The molecule has 0 spiro atoms. The van der Waals surface area contributed by atoms with Crippen LogP contribution in [0.4, 0.5) is 4.79 Å². The van der Waals surface area contributed by atoms with Gasteiger partial charge in [-0.3, -0.25) is 9.69 Å². The summed E-state index contributed by atoms with van der Waals surface area (Å²) in [6.07, 6.45) is 4.07. The molecule has 1 atom stereocenters. The zero-order valence-electron chi connectivity index (χ0n) is 14.2. The summed E-state index contributed by atoms with van der Waals surface area (Å²) in [5, 5.41) is 2.56. The highest BCUT2D eigenvalue weighted by atomic mass is 16.5. The summed E-state index contributed by atoms with van der Waals surface area (Å²) in [5.74, 6) is 0.840. The number of amides is 3. The third kappa shape index (κ3) is 3.76. The summed E-state index contributed by atoms with van der Waals surface area (Å²) in [5.41, 5.74) is 0.951. The summed E-state index contributed by atoms with van der Waals surface area (Å²) in [4.78, 5) is 25.0. The Morgan fingerprint density at radius 1 is 1.33 bits per heavy atom. The van der Waals surface area contributed by atoms with Gasteiger partial charge in [0, 0.05) is 6.54 Å². The fraction of sp³-hybridized carbons (Fsp3) is 0.333. The molecule has 3 amide bonds. The average molecular weight is 330 g/mol. The van der Waals surface area contributed by atoms with Gasteiger partial charge in [0.1, 0.15) is 5.70 Å². The van der Waals surface area contributed by atoms with Gasteiger partial charge in [-0.25, -0.2) is 4.79 Å². The molecule has 2 rings (SSSR count). The maximum atomic E-state index is 12.2. The van der Waals surface area contributed by atoms with Gasteiger partial charge in [0.05, 0.1) is 13.2 Å². The van der Waals surface area contributed by atoms with E-state index in [9.17, 15) is 9.59 Å². The van der Waals surface area contributed by atoms with Crippen LogP contribution in [-0.4, -0.2) is 36.6 Å². The van der Waals surface area contributed by atoms with E-state index >= 15 is 0 Å². The van der Waals surface area contributed by atoms with Crippen molar-refractivity contribution in [2.24, 2.45) is 0 Å². The van der Waals surface area contributed by atoms with Gasteiger partial charge in [-0.05, 0) is 37.1 Å². The number of hydrogen-bond donors (Lipinski definition) is 1. The Bertz CT molecular complexity index is 682. The Kier molecular flexibility index (Phi) is 5.63. The fourth-order valence-electron chi connectivity index (χ4n) is 2.20. The molecule has 0 unspecified atom stereocenters. The number of nitrogens with zero attached hydrogens (tertiary/aromatic N) is 1. The van der Waals surface area contributed by atoms with Crippen molar-refractivity contribution >= 4 is 18.0 Å². The molecule has 1 aliphatic rings. The molecule has 0 radical (unpaired) electrons. The van der Waals surface area contributed by atoms with Gasteiger partial charge < -0.3 is 14.8 Å². The topological polar surface area (TPSA) is 67.9 Å². The van der Waals surface area contributed by atoms with Gasteiger partial charge in [-0.1, -0.05) is 19.1 Å². The predicted octanol–water partition coefficient (Wildman–Crippen LogP) is 2.95. The number of imide groups is 1. The number of nitrogens with one attached hydrogen (secondary N) is 1. The van der Waals surface area contributed by atoms with Crippen LogP contribution in [0.1, 0.15) is 25.8 Å². The molecule has 0 aromatic heterocycles. The molecular weight excluding hydrogens is 308 g/mol. The average Bonchev–Trinajstić information content (AvgIpc) is 2.83. The number of carbonyl (C=O) groups is 2. The highest BCUT2D eigenvalue weighted by molar-refractivity contribution is 6.14. The minimum Gasteiger partial charge on any atom is -0.493 e. The third-order valence-corrected chi connectivity index (χ3v) is 3.68. The van der Waals surface area contributed by atoms with Crippen molar-refractivity contribution in [3.63, 3.8) is 0 Å². The molecule has 1 aliphatic heterocycles. The van der Waals surface area contributed by atoms with Gasteiger partial charge in [0.25, 0.3) is 5.91 Å². The molecule has 1 aromatic rings. The molecule has 1 fully saturated rings. The number of urea groups is 1. The monoisotopic (exact) mass is 330 g/mol. The van der Waals surface area contributed by atoms with E-state index in [1.165, 1.54) is 6.08 Å². The number of rotatable bonds is 7. The number of carbonyl (C=O) groups excluding carboxylic acids is 2. The van der Waals surface area contributed by atoms with Gasteiger partial charge in [0.2, 0.25) is 0 Å². The van der Waals surface area contributed by atoms with Crippen molar-refractivity contribution in [3.8, 4) is 11.5 Å². The second-order valence-electron chi connectivity index (χ2n) is 5.44. The van der Waals surface area contributed by atoms with Gasteiger partial charge in [-0.2, -0.15) is 0 Å². The lowest BCUT2D eigenvalue weighted by molar-refractivity contribution is -0.122. The zero-order chi connectivity index (χ0) is 17.7. The van der Waals surface area contributed by atoms with Crippen LogP contribution in [0.5, 0.6) is 11.5 Å². The fourth-order valence-corrected chi connectivity index (χ4v) is 2.20. The molecule has 0 saturated carbocycles. The first-order valence-corrected chi connectivity index (χ1v) is 7.80. The van der Waals surface area contributed by atoms with Crippen molar-refractivity contribution in [3.05, 3.63) is 42.1 Å². The van der Waals surface area contributed by atoms with E-state index in [4.69, 9.17) is 9.47 Å². The largest absolute Gasteiger partial charge is 0.493 e. The molecule has 1 heterocycles. The van der Waals surface area contributed by atoms with E-state index in [0.717, 1.165) is 16.9 Å². The molecule has 1 saturated heterocycles. The normalized spacial score (nSPS) is 17.0. The maximum absolute atomic E-state index is 12.2.